The van der Waals surface area contributed by atoms with Crippen molar-refractivity contribution in [2.75, 3.05) is 26.2 Å². The Hall–Kier alpha value is -1.40. The van der Waals surface area contributed by atoms with Crippen LogP contribution in [0.5, 0.6) is 0 Å². The molecule has 0 N–H and O–H groups in total. The molecule has 1 saturated heterocycles. The second-order valence-electron chi connectivity index (χ2n) is 5.56. The number of carbonyl (C=O) groups excluding carboxylic acids is 1. The molecule has 1 heterocycles. The van der Waals surface area contributed by atoms with Crippen molar-refractivity contribution in [2.24, 2.45) is 0 Å². The van der Waals surface area contributed by atoms with Crippen LogP contribution in [-0.2, 0) is 6.54 Å². The summed E-state index contributed by atoms with van der Waals surface area (Å²) in [5.74, 6) is 0.151. The first-order chi connectivity index (χ1) is 10.7. The normalized spacial score (nSPS) is 15.8. The van der Waals surface area contributed by atoms with Gasteiger partial charge in [0.25, 0.3) is 5.91 Å². The van der Waals surface area contributed by atoms with E-state index < -0.39 is 0 Å². The van der Waals surface area contributed by atoms with E-state index in [9.17, 15) is 4.79 Å². The Balaban J connectivity index is 1.56. The van der Waals surface area contributed by atoms with Crippen LogP contribution in [0.25, 0.3) is 0 Å². The van der Waals surface area contributed by atoms with Crippen molar-refractivity contribution in [1.29, 1.82) is 0 Å². The van der Waals surface area contributed by atoms with Gasteiger partial charge >= 0.3 is 0 Å². The topological polar surface area (TPSA) is 23.6 Å². The lowest BCUT2D eigenvalue weighted by Gasteiger charge is -2.34. The first-order valence-electron chi connectivity index (χ1n) is 7.53. The lowest BCUT2D eigenvalue weighted by Crippen LogP contribution is -2.48. The number of amides is 1. The molecule has 0 bridgehead atoms. The molecule has 0 atom stereocenters. The van der Waals surface area contributed by atoms with E-state index in [0.29, 0.717) is 0 Å². The average Bonchev–Trinajstić information content (AvgIpc) is 2.56. The zero-order valence-corrected chi connectivity index (χ0v) is 14.6. The summed E-state index contributed by atoms with van der Waals surface area (Å²) >= 11 is 2.25. The van der Waals surface area contributed by atoms with Crippen molar-refractivity contribution in [3.8, 4) is 0 Å². The van der Waals surface area contributed by atoms with Gasteiger partial charge in [0.1, 0.15) is 0 Å². The van der Waals surface area contributed by atoms with Gasteiger partial charge in [-0.3, -0.25) is 9.69 Å². The van der Waals surface area contributed by atoms with Crippen molar-refractivity contribution in [3.63, 3.8) is 0 Å². The molecule has 3 rings (SSSR count). The number of halogens is 1. The second-order valence-corrected chi connectivity index (χ2v) is 6.81. The van der Waals surface area contributed by atoms with E-state index >= 15 is 0 Å². The van der Waals surface area contributed by atoms with Crippen LogP contribution in [0, 0.1) is 3.57 Å². The van der Waals surface area contributed by atoms with Gasteiger partial charge in [0, 0.05) is 41.9 Å². The fourth-order valence-electron chi connectivity index (χ4n) is 2.75. The number of benzene rings is 2. The van der Waals surface area contributed by atoms with Crippen LogP contribution >= 0.6 is 22.6 Å². The molecule has 2 aromatic rings. The van der Waals surface area contributed by atoms with Crippen molar-refractivity contribution < 1.29 is 4.79 Å². The Kier molecular flexibility index (Phi) is 5.10. The molecule has 4 heteroatoms. The molecule has 0 aliphatic carbocycles. The molecule has 0 radical (unpaired) electrons. The largest absolute Gasteiger partial charge is 0.336 e. The first-order valence-corrected chi connectivity index (χ1v) is 8.61. The molecule has 1 aliphatic rings. The molecular weight excluding hydrogens is 387 g/mol. The molecule has 22 heavy (non-hydrogen) atoms. The summed E-state index contributed by atoms with van der Waals surface area (Å²) in [6.45, 7) is 4.44. The first kappa shape index (κ1) is 15.5. The molecule has 0 spiro atoms. The van der Waals surface area contributed by atoms with Gasteiger partial charge < -0.3 is 4.90 Å². The van der Waals surface area contributed by atoms with Crippen LogP contribution in [0.1, 0.15) is 15.9 Å². The number of hydrogen-bond donors (Lipinski definition) is 0. The van der Waals surface area contributed by atoms with Crippen LogP contribution in [0.15, 0.2) is 54.6 Å². The van der Waals surface area contributed by atoms with Gasteiger partial charge in [-0.25, -0.2) is 0 Å². The van der Waals surface area contributed by atoms with E-state index in [1.807, 2.05) is 35.2 Å². The summed E-state index contributed by atoms with van der Waals surface area (Å²) in [5.41, 5.74) is 2.13. The highest BCUT2D eigenvalue weighted by Crippen LogP contribution is 2.13. The zero-order chi connectivity index (χ0) is 15.4. The average molecular weight is 406 g/mol. The molecule has 0 aromatic heterocycles. The number of piperazine rings is 1. The molecule has 2 aromatic carbocycles. The molecule has 1 fully saturated rings. The van der Waals surface area contributed by atoms with Crippen molar-refractivity contribution >= 4 is 28.5 Å². The maximum Gasteiger partial charge on any atom is 0.253 e. The summed E-state index contributed by atoms with van der Waals surface area (Å²) in [6, 6.07) is 18.3. The Morgan fingerprint density at radius 1 is 0.955 bits per heavy atom. The number of hydrogen-bond acceptors (Lipinski definition) is 2. The van der Waals surface area contributed by atoms with E-state index in [1.54, 1.807) is 0 Å². The monoisotopic (exact) mass is 406 g/mol. The minimum Gasteiger partial charge on any atom is -0.336 e. The fraction of sp³-hybridized carbons (Fsp3) is 0.278. The maximum atomic E-state index is 12.5. The van der Waals surface area contributed by atoms with Gasteiger partial charge in [-0.15, -0.1) is 0 Å². The maximum absolute atomic E-state index is 12.5. The van der Waals surface area contributed by atoms with E-state index in [2.05, 4.69) is 51.8 Å². The standard InChI is InChI=1S/C18H19IN2O/c19-17-8-4-7-16(13-17)18(22)21-11-9-20(10-12-21)14-15-5-2-1-3-6-15/h1-8,13H,9-12,14H2. The molecular formula is C18H19IN2O. The molecule has 1 amide bonds. The van der Waals surface area contributed by atoms with Crippen molar-refractivity contribution in [3.05, 3.63) is 69.3 Å². The lowest BCUT2D eigenvalue weighted by molar-refractivity contribution is 0.0628. The number of nitrogens with zero attached hydrogens (tertiary/aromatic N) is 2. The quantitative estimate of drug-likeness (QED) is 0.731. The summed E-state index contributed by atoms with van der Waals surface area (Å²) in [6.07, 6.45) is 0. The molecule has 1 aliphatic heterocycles. The van der Waals surface area contributed by atoms with Crippen LogP contribution < -0.4 is 0 Å². The molecule has 0 unspecified atom stereocenters. The third-order valence-corrected chi connectivity index (χ3v) is 4.65. The molecule has 3 nitrogen and oxygen atoms in total. The highest BCUT2D eigenvalue weighted by molar-refractivity contribution is 14.1. The van der Waals surface area contributed by atoms with E-state index in [-0.39, 0.29) is 5.91 Å². The van der Waals surface area contributed by atoms with E-state index in [4.69, 9.17) is 0 Å². The Bertz CT molecular complexity index is 637. The van der Waals surface area contributed by atoms with Gasteiger partial charge in [0.05, 0.1) is 0 Å². The zero-order valence-electron chi connectivity index (χ0n) is 12.4. The summed E-state index contributed by atoms with van der Waals surface area (Å²) < 4.78 is 1.10. The van der Waals surface area contributed by atoms with Crippen LogP contribution in [-0.4, -0.2) is 41.9 Å². The highest BCUT2D eigenvalue weighted by atomic mass is 127. The lowest BCUT2D eigenvalue weighted by atomic mass is 10.1. The van der Waals surface area contributed by atoms with Gasteiger partial charge in [-0.1, -0.05) is 36.4 Å². The number of rotatable bonds is 3. The minimum atomic E-state index is 0.151. The Morgan fingerprint density at radius 3 is 2.36 bits per heavy atom. The van der Waals surface area contributed by atoms with Gasteiger partial charge in [0.2, 0.25) is 0 Å². The van der Waals surface area contributed by atoms with Crippen LogP contribution in [0.4, 0.5) is 0 Å². The van der Waals surface area contributed by atoms with Crippen LogP contribution in [0.2, 0.25) is 0 Å². The third-order valence-electron chi connectivity index (χ3n) is 3.98. The van der Waals surface area contributed by atoms with Gasteiger partial charge in [-0.05, 0) is 46.4 Å². The van der Waals surface area contributed by atoms with Crippen molar-refractivity contribution in [2.45, 2.75) is 6.54 Å². The summed E-state index contributed by atoms with van der Waals surface area (Å²) in [4.78, 5) is 16.9. The van der Waals surface area contributed by atoms with E-state index in [0.717, 1.165) is 41.9 Å². The van der Waals surface area contributed by atoms with Gasteiger partial charge in [0.15, 0.2) is 0 Å². The molecule has 114 valence electrons. The second kappa shape index (κ2) is 7.24. The smallest absolute Gasteiger partial charge is 0.253 e. The highest BCUT2D eigenvalue weighted by Gasteiger charge is 2.22. The van der Waals surface area contributed by atoms with E-state index in [1.165, 1.54) is 5.56 Å². The predicted molar refractivity (Wildman–Crippen MR) is 96.8 cm³/mol. The summed E-state index contributed by atoms with van der Waals surface area (Å²) in [5, 5.41) is 0. The van der Waals surface area contributed by atoms with Crippen LogP contribution in [0.3, 0.4) is 0 Å². The molecule has 0 saturated carbocycles. The third kappa shape index (κ3) is 3.87. The minimum absolute atomic E-state index is 0.151. The fourth-order valence-corrected chi connectivity index (χ4v) is 3.30. The summed E-state index contributed by atoms with van der Waals surface area (Å²) in [7, 11) is 0. The Labute approximate surface area is 145 Å². The van der Waals surface area contributed by atoms with Crippen molar-refractivity contribution in [1.82, 2.24) is 9.80 Å². The predicted octanol–water partition coefficient (Wildman–Crippen LogP) is 3.25. The van der Waals surface area contributed by atoms with Gasteiger partial charge in [-0.2, -0.15) is 0 Å². The number of carbonyl (C=O) groups is 1. The Morgan fingerprint density at radius 2 is 1.68 bits per heavy atom. The SMILES string of the molecule is O=C(c1cccc(I)c1)N1CCN(Cc2ccccc2)CC1.